The first-order valence-electron chi connectivity index (χ1n) is 8.45. The predicted molar refractivity (Wildman–Crippen MR) is 93.3 cm³/mol. The minimum atomic E-state index is -1.12. The zero-order chi connectivity index (χ0) is 16.6. The largest absolute Gasteiger partial charge is 0.368 e. The Labute approximate surface area is 135 Å². The summed E-state index contributed by atoms with van der Waals surface area (Å²) in [6.45, 7) is 11.2. The molecule has 0 heterocycles. The molecular weight excluding hydrogens is 272 g/mol. The van der Waals surface area contributed by atoms with Crippen LogP contribution in [0, 0.1) is 0 Å². The van der Waals surface area contributed by atoms with Crippen molar-refractivity contribution in [3.63, 3.8) is 0 Å². The first kappa shape index (κ1) is 18.8. The second-order valence-electron chi connectivity index (χ2n) is 7.37. The minimum Gasteiger partial charge on any atom is -0.368 e. The van der Waals surface area contributed by atoms with Crippen LogP contribution in [0.5, 0.6) is 0 Å². The Kier molecular flexibility index (Phi) is 7.21. The van der Waals surface area contributed by atoms with Gasteiger partial charge in [-0.15, -0.1) is 0 Å². The van der Waals surface area contributed by atoms with E-state index in [4.69, 9.17) is 0 Å². The van der Waals surface area contributed by atoms with Crippen LogP contribution in [0.1, 0.15) is 71.4 Å². The predicted octanol–water partition coefficient (Wildman–Crippen LogP) is 5.27. The Morgan fingerprint density at radius 3 is 2.14 bits per heavy atom. The lowest BCUT2D eigenvalue weighted by molar-refractivity contribution is 0.0614. The van der Waals surface area contributed by atoms with Gasteiger partial charge in [0.15, 0.2) is 5.72 Å². The van der Waals surface area contributed by atoms with Crippen LogP contribution in [-0.4, -0.2) is 17.4 Å². The van der Waals surface area contributed by atoms with Crippen molar-refractivity contribution in [3.8, 4) is 0 Å². The van der Waals surface area contributed by atoms with Crippen molar-refractivity contribution in [1.29, 1.82) is 0 Å². The van der Waals surface area contributed by atoms with Crippen molar-refractivity contribution in [3.05, 3.63) is 35.4 Å². The SMILES string of the molecule is CCCCCCN=NC(C)(O)Cc1ccc(C(C)(C)C)cc1. The van der Waals surface area contributed by atoms with Gasteiger partial charge < -0.3 is 5.11 Å². The molecule has 0 amide bonds. The average molecular weight is 304 g/mol. The molecule has 0 bridgehead atoms. The number of rotatable bonds is 8. The Morgan fingerprint density at radius 1 is 0.955 bits per heavy atom. The van der Waals surface area contributed by atoms with E-state index in [9.17, 15) is 5.11 Å². The zero-order valence-electron chi connectivity index (χ0n) is 14.9. The summed E-state index contributed by atoms with van der Waals surface area (Å²) in [5.74, 6) is 0. The number of hydrogen-bond donors (Lipinski definition) is 1. The van der Waals surface area contributed by atoms with Gasteiger partial charge in [-0.25, -0.2) is 0 Å². The van der Waals surface area contributed by atoms with E-state index in [1.807, 2.05) is 0 Å². The summed E-state index contributed by atoms with van der Waals surface area (Å²) in [7, 11) is 0. The van der Waals surface area contributed by atoms with Crippen molar-refractivity contribution in [2.45, 2.75) is 77.9 Å². The van der Waals surface area contributed by atoms with Gasteiger partial charge in [0, 0.05) is 6.42 Å². The van der Waals surface area contributed by atoms with Crippen LogP contribution in [0.2, 0.25) is 0 Å². The van der Waals surface area contributed by atoms with E-state index in [2.05, 4.69) is 62.2 Å². The molecule has 0 spiro atoms. The van der Waals surface area contributed by atoms with Crippen molar-refractivity contribution in [1.82, 2.24) is 0 Å². The highest BCUT2D eigenvalue weighted by Gasteiger charge is 2.20. The smallest absolute Gasteiger partial charge is 0.177 e. The first-order chi connectivity index (χ1) is 10.2. The Bertz CT molecular complexity index is 455. The van der Waals surface area contributed by atoms with E-state index in [0.717, 1.165) is 12.0 Å². The number of nitrogens with zero attached hydrogens (tertiary/aromatic N) is 2. The molecule has 124 valence electrons. The van der Waals surface area contributed by atoms with Crippen molar-refractivity contribution < 1.29 is 5.11 Å². The number of unbranched alkanes of at least 4 members (excludes halogenated alkanes) is 3. The number of azo groups is 1. The summed E-state index contributed by atoms with van der Waals surface area (Å²) < 4.78 is 0. The maximum absolute atomic E-state index is 10.3. The van der Waals surface area contributed by atoms with E-state index >= 15 is 0 Å². The molecule has 1 N–H and O–H groups in total. The summed E-state index contributed by atoms with van der Waals surface area (Å²) in [6, 6.07) is 8.41. The molecule has 0 aliphatic carbocycles. The summed E-state index contributed by atoms with van der Waals surface area (Å²) in [5.41, 5.74) is 1.42. The van der Waals surface area contributed by atoms with Gasteiger partial charge in [-0.3, -0.25) is 0 Å². The van der Waals surface area contributed by atoms with Crippen LogP contribution in [0.25, 0.3) is 0 Å². The molecule has 0 radical (unpaired) electrons. The Hall–Kier alpha value is -1.22. The molecular formula is C19H32N2O. The molecule has 1 aromatic rings. The number of benzene rings is 1. The Balaban J connectivity index is 2.51. The molecule has 1 aromatic carbocycles. The van der Waals surface area contributed by atoms with Crippen molar-refractivity contribution >= 4 is 0 Å². The maximum Gasteiger partial charge on any atom is 0.177 e. The molecule has 0 aromatic heterocycles. The van der Waals surface area contributed by atoms with E-state index < -0.39 is 5.72 Å². The molecule has 3 nitrogen and oxygen atoms in total. The fourth-order valence-electron chi connectivity index (χ4n) is 2.36. The first-order valence-corrected chi connectivity index (χ1v) is 8.45. The lowest BCUT2D eigenvalue weighted by Gasteiger charge is -2.21. The Morgan fingerprint density at radius 2 is 1.59 bits per heavy atom. The van der Waals surface area contributed by atoms with Gasteiger partial charge in [0.05, 0.1) is 6.54 Å². The monoisotopic (exact) mass is 304 g/mol. The van der Waals surface area contributed by atoms with Gasteiger partial charge >= 0.3 is 0 Å². The van der Waals surface area contributed by atoms with E-state index in [1.165, 1.54) is 24.8 Å². The van der Waals surface area contributed by atoms with Gasteiger partial charge in [0.2, 0.25) is 0 Å². The van der Waals surface area contributed by atoms with Crippen LogP contribution in [0.15, 0.2) is 34.5 Å². The van der Waals surface area contributed by atoms with Gasteiger partial charge in [-0.2, -0.15) is 10.2 Å². The summed E-state index contributed by atoms with van der Waals surface area (Å²) in [5, 5.41) is 18.6. The third-order valence-electron chi connectivity index (χ3n) is 3.76. The highest BCUT2D eigenvalue weighted by molar-refractivity contribution is 5.28. The van der Waals surface area contributed by atoms with Gasteiger partial charge in [-0.05, 0) is 29.9 Å². The summed E-state index contributed by atoms with van der Waals surface area (Å²) >= 11 is 0. The molecule has 0 saturated heterocycles. The molecule has 0 fully saturated rings. The summed E-state index contributed by atoms with van der Waals surface area (Å²) in [4.78, 5) is 0. The fraction of sp³-hybridized carbons (Fsp3) is 0.684. The van der Waals surface area contributed by atoms with Gasteiger partial charge in [0.25, 0.3) is 0 Å². The van der Waals surface area contributed by atoms with Crippen molar-refractivity contribution in [2.24, 2.45) is 10.2 Å². The third-order valence-corrected chi connectivity index (χ3v) is 3.76. The minimum absolute atomic E-state index is 0.152. The quantitative estimate of drug-likeness (QED) is 0.516. The molecule has 22 heavy (non-hydrogen) atoms. The van der Waals surface area contributed by atoms with E-state index in [0.29, 0.717) is 13.0 Å². The molecule has 1 atom stereocenters. The number of aliphatic hydroxyl groups is 1. The van der Waals surface area contributed by atoms with Gasteiger partial charge in [-0.1, -0.05) is 71.2 Å². The lowest BCUT2D eigenvalue weighted by Crippen LogP contribution is -2.24. The molecule has 3 heteroatoms. The third kappa shape index (κ3) is 7.17. The topological polar surface area (TPSA) is 45.0 Å². The second kappa shape index (κ2) is 8.42. The highest BCUT2D eigenvalue weighted by Crippen LogP contribution is 2.23. The van der Waals surface area contributed by atoms with Gasteiger partial charge in [0.1, 0.15) is 0 Å². The van der Waals surface area contributed by atoms with Crippen molar-refractivity contribution in [2.75, 3.05) is 6.54 Å². The fourth-order valence-corrected chi connectivity index (χ4v) is 2.36. The molecule has 1 rings (SSSR count). The average Bonchev–Trinajstić information content (AvgIpc) is 2.42. The van der Waals surface area contributed by atoms with E-state index in [-0.39, 0.29) is 5.41 Å². The van der Waals surface area contributed by atoms with Crippen LogP contribution in [0.4, 0.5) is 0 Å². The normalized spacial score (nSPS) is 15.2. The van der Waals surface area contributed by atoms with Crippen LogP contribution < -0.4 is 0 Å². The summed E-state index contributed by atoms with van der Waals surface area (Å²) in [6.07, 6.45) is 5.20. The molecule has 1 unspecified atom stereocenters. The van der Waals surface area contributed by atoms with Crippen LogP contribution in [-0.2, 0) is 11.8 Å². The highest BCUT2D eigenvalue weighted by atomic mass is 16.3. The second-order valence-corrected chi connectivity index (χ2v) is 7.37. The van der Waals surface area contributed by atoms with Crippen LogP contribution in [0.3, 0.4) is 0 Å². The standard InChI is InChI=1S/C19H32N2O/c1-6-7-8-9-14-20-21-19(5,22)15-16-10-12-17(13-11-16)18(2,3)4/h10-13,22H,6-9,14-15H2,1-5H3. The molecule has 0 aliphatic heterocycles. The van der Waals surface area contributed by atoms with E-state index in [1.54, 1.807) is 6.92 Å². The lowest BCUT2D eigenvalue weighted by atomic mass is 9.86. The zero-order valence-corrected chi connectivity index (χ0v) is 14.9. The molecule has 0 saturated carbocycles. The van der Waals surface area contributed by atoms with Crippen LogP contribution >= 0.6 is 0 Å². The molecule has 0 aliphatic rings. The maximum atomic E-state index is 10.3. The number of hydrogen-bond acceptors (Lipinski definition) is 3.